The second-order valence-corrected chi connectivity index (χ2v) is 10.2. The Hall–Kier alpha value is -1.64. The minimum atomic E-state index is 0.419. The normalized spacial score (nSPS) is 32.0. The zero-order valence-corrected chi connectivity index (χ0v) is 16.9. The van der Waals surface area contributed by atoms with Crippen molar-refractivity contribution in [3.05, 3.63) is 71.8 Å². The maximum Gasteiger partial charge on any atom is 0.269 e. The fourth-order valence-corrected chi connectivity index (χ4v) is 7.28. The van der Waals surface area contributed by atoms with E-state index in [1.54, 1.807) is 0 Å². The Kier molecular flexibility index (Phi) is 4.79. The van der Waals surface area contributed by atoms with Crippen molar-refractivity contribution in [2.75, 3.05) is 6.61 Å². The molecule has 1 nitrogen and oxygen atoms in total. The van der Waals surface area contributed by atoms with E-state index in [0.717, 1.165) is 24.4 Å². The van der Waals surface area contributed by atoms with Crippen molar-refractivity contribution in [3.8, 4) is 0 Å². The molecule has 2 aromatic carbocycles. The van der Waals surface area contributed by atoms with E-state index in [9.17, 15) is 0 Å². The first-order valence-electron chi connectivity index (χ1n) is 10.5. The summed E-state index contributed by atoms with van der Waals surface area (Å²) in [5, 5.41) is 1.31. The van der Waals surface area contributed by atoms with Crippen molar-refractivity contribution in [3.63, 3.8) is 0 Å². The van der Waals surface area contributed by atoms with Gasteiger partial charge in [0.2, 0.25) is 0 Å². The minimum Gasteiger partial charge on any atom is -0.411 e. The molecule has 4 fully saturated rings. The molecule has 0 heterocycles. The first-order chi connectivity index (χ1) is 13.3. The highest BCUT2D eigenvalue weighted by molar-refractivity contribution is 6.57. The highest BCUT2D eigenvalue weighted by Gasteiger charge is 2.50. The SMILES string of the molecule is C(=C(/[Si]OCC12CC3CC(CC(C3)C1)C2)c1ccccc1)/c1ccccc1. The molecule has 0 atom stereocenters. The van der Waals surface area contributed by atoms with Crippen LogP contribution >= 0.6 is 0 Å². The van der Waals surface area contributed by atoms with E-state index < -0.39 is 0 Å². The van der Waals surface area contributed by atoms with Crippen LogP contribution in [0.25, 0.3) is 11.3 Å². The summed E-state index contributed by atoms with van der Waals surface area (Å²) in [7, 11) is 0.419. The van der Waals surface area contributed by atoms with Gasteiger partial charge in [-0.2, -0.15) is 0 Å². The van der Waals surface area contributed by atoms with Gasteiger partial charge in [0.15, 0.2) is 0 Å². The fraction of sp³-hybridized carbons (Fsp3) is 0.440. The van der Waals surface area contributed by atoms with Gasteiger partial charge in [-0.05, 0) is 78.0 Å². The van der Waals surface area contributed by atoms with Gasteiger partial charge >= 0.3 is 0 Å². The highest BCUT2D eigenvalue weighted by Crippen LogP contribution is 2.60. The number of hydrogen-bond donors (Lipinski definition) is 0. The topological polar surface area (TPSA) is 9.23 Å². The Morgan fingerprint density at radius 2 is 1.41 bits per heavy atom. The molecule has 6 rings (SSSR count). The Balaban J connectivity index is 1.30. The maximum absolute atomic E-state index is 6.47. The lowest BCUT2D eigenvalue weighted by atomic mass is 9.50. The number of benzene rings is 2. The molecule has 2 radical (unpaired) electrons. The molecule has 27 heavy (non-hydrogen) atoms. The summed E-state index contributed by atoms with van der Waals surface area (Å²) in [6.45, 7) is 0.966. The van der Waals surface area contributed by atoms with Crippen LogP contribution in [0.2, 0.25) is 0 Å². The number of hydrogen-bond acceptors (Lipinski definition) is 1. The van der Waals surface area contributed by atoms with Gasteiger partial charge in [0, 0.05) is 6.61 Å². The summed E-state index contributed by atoms with van der Waals surface area (Å²) in [5.41, 5.74) is 3.03. The molecule has 0 unspecified atom stereocenters. The quantitative estimate of drug-likeness (QED) is 0.444. The van der Waals surface area contributed by atoms with Crippen molar-refractivity contribution in [2.24, 2.45) is 23.2 Å². The van der Waals surface area contributed by atoms with E-state index in [1.807, 2.05) is 0 Å². The molecule has 4 aliphatic carbocycles. The van der Waals surface area contributed by atoms with E-state index >= 15 is 0 Å². The third kappa shape index (κ3) is 3.83. The predicted octanol–water partition coefficient (Wildman–Crippen LogP) is 6.04. The average Bonchev–Trinajstić information content (AvgIpc) is 2.67. The molecule has 0 saturated heterocycles. The smallest absolute Gasteiger partial charge is 0.269 e. The summed E-state index contributed by atoms with van der Waals surface area (Å²) >= 11 is 0. The van der Waals surface area contributed by atoms with Gasteiger partial charge in [0.05, 0.1) is 0 Å². The third-order valence-electron chi connectivity index (χ3n) is 6.92. The number of rotatable bonds is 6. The van der Waals surface area contributed by atoms with Crippen LogP contribution in [0, 0.1) is 23.2 Å². The minimum absolute atomic E-state index is 0.419. The van der Waals surface area contributed by atoms with E-state index in [4.69, 9.17) is 4.43 Å². The van der Waals surface area contributed by atoms with Gasteiger partial charge in [0.25, 0.3) is 9.76 Å². The van der Waals surface area contributed by atoms with Gasteiger partial charge in [-0.3, -0.25) is 0 Å². The molecule has 138 valence electrons. The molecule has 0 aliphatic heterocycles. The monoisotopic (exact) mass is 372 g/mol. The lowest BCUT2D eigenvalue weighted by Crippen LogP contribution is -2.48. The van der Waals surface area contributed by atoms with Gasteiger partial charge in [-0.1, -0.05) is 66.7 Å². The molecule has 0 aromatic heterocycles. The molecule has 2 aromatic rings. The van der Waals surface area contributed by atoms with Gasteiger partial charge in [-0.25, -0.2) is 0 Å². The van der Waals surface area contributed by atoms with Crippen LogP contribution in [0.5, 0.6) is 0 Å². The van der Waals surface area contributed by atoms with Crippen molar-refractivity contribution >= 4 is 21.0 Å². The van der Waals surface area contributed by atoms with Crippen LogP contribution in [-0.2, 0) is 4.43 Å². The van der Waals surface area contributed by atoms with Crippen molar-refractivity contribution in [1.29, 1.82) is 0 Å². The fourth-order valence-electron chi connectivity index (χ4n) is 6.24. The first kappa shape index (κ1) is 17.5. The Bertz CT molecular complexity index is 760. The largest absolute Gasteiger partial charge is 0.411 e. The van der Waals surface area contributed by atoms with Crippen molar-refractivity contribution in [1.82, 2.24) is 0 Å². The van der Waals surface area contributed by atoms with Crippen LogP contribution < -0.4 is 0 Å². The molecule has 4 bridgehead atoms. The standard InChI is InChI=1S/C25H28OSi/c1-3-7-19(8-4-1)14-24(23-9-5-2-6-10-23)27-26-18-25-15-20-11-21(16-25)13-22(12-20)17-25/h1-10,14,20-22H,11-13,15-18H2/b24-14-. The summed E-state index contributed by atoms with van der Waals surface area (Å²) in [5.74, 6) is 2.99. The first-order valence-corrected chi connectivity index (χ1v) is 11.4. The molecule has 0 amide bonds. The van der Waals surface area contributed by atoms with Crippen molar-refractivity contribution in [2.45, 2.75) is 38.5 Å². The van der Waals surface area contributed by atoms with Crippen LogP contribution in [0.1, 0.15) is 49.7 Å². The van der Waals surface area contributed by atoms with Crippen LogP contribution in [0.4, 0.5) is 0 Å². The van der Waals surface area contributed by atoms with E-state index in [-0.39, 0.29) is 0 Å². The summed E-state index contributed by atoms with van der Waals surface area (Å²) in [6.07, 6.45) is 11.1. The third-order valence-corrected chi connectivity index (χ3v) is 7.86. The van der Waals surface area contributed by atoms with Crippen LogP contribution in [-0.4, -0.2) is 16.4 Å². The van der Waals surface area contributed by atoms with E-state index in [1.165, 1.54) is 54.8 Å². The Morgan fingerprint density at radius 3 is 2.00 bits per heavy atom. The van der Waals surface area contributed by atoms with Crippen LogP contribution in [0.15, 0.2) is 60.7 Å². The molecule has 4 aliphatic rings. The Labute approximate surface area is 165 Å². The summed E-state index contributed by atoms with van der Waals surface area (Å²) in [6, 6.07) is 21.4. The molecular formula is C25H28OSi. The summed E-state index contributed by atoms with van der Waals surface area (Å²) in [4.78, 5) is 0. The lowest BCUT2D eigenvalue weighted by Gasteiger charge is -2.56. The maximum atomic E-state index is 6.47. The highest BCUT2D eigenvalue weighted by atomic mass is 28.2. The molecule has 0 N–H and O–H groups in total. The zero-order chi connectivity index (χ0) is 18.1. The predicted molar refractivity (Wildman–Crippen MR) is 113 cm³/mol. The second kappa shape index (κ2) is 7.41. The van der Waals surface area contributed by atoms with Crippen LogP contribution in [0.3, 0.4) is 0 Å². The molecule has 4 saturated carbocycles. The Morgan fingerprint density at radius 1 is 0.852 bits per heavy atom. The average molecular weight is 373 g/mol. The molecule has 0 spiro atoms. The van der Waals surface area contributed by atoms with Gasteiger partial charge in [-0.15, -0.1) is 0 Å². The van der Waals surface area contributed by atoms with Gasteiger partial charge < -0.3 is 4.43 Å². The van der Waals surface area contributed by atoms with Crippen molar-refractivity contribution < 1.29 is 4.43 Å². The lowest BCUT2D eigenvalue weighted by molar-refractivity contribution is -0.0740. The van der Waals surface area contributed by atoms with Gasteiger partial charge in [0.1, 0.15) is 0 Å². The van der Waals surface area contributed by atoms with E-state index in [2.05, 4.69) is 66.7 Å². The van der Waals surface area contributed by atoms with E-state index in [0.29, 0.717) is 15.2 Å². The zero-order valence-electron chi connectivity index (χ0n) is 15.9. The summed E-state index contributed by atoms with van der Waals surface area (Å²) < 4.78 is 6.47. The molecular weight excluding hydrogens is 344 g/mol. The molecule has 2 heteroatoms. The second-order valence-electron chi connectivity index (χ2n) is 9.14.